The summed E-state index contributed by atoms with van der Waals surface area (Å²) in [5, 5.41) is 5.60. The predicted octanol–water partition coefficient (Wildman–Crippen LogP) is 4.75. The Bertz CT molecular complexity index is 940. The lowest BCUT2D eigenvalue weighted by molar-refractivity contribution is -0.127. The van der Waals surface area contributed by atoms with Crippen LogP contribution < -0.4 is 25.0 Å². The van der Waals surface area contributed by atoms with E-state index in [9.17, 15) is 9.59 Å². The molecule has 0 aliphatic carbocycles. The Balaban J connectivity index is 1.85. The van der Waals surface area contributed by atoms with E-state index in [1.165, 1.54) is 0 Å². The molecule has 7 nitrogen and oxygen atoms in total. The standard InChI is InChI=1S/C23H29N3O4/c1-15(2)13-26-18-12-16(10-11-20(18)30-14-23(3,4)21(26)27)24-22(28)25-17-8-6-7-9-19(17)29-5/h6-12,15H,13-14H2,1-5H3,(H2,24,25,28). The lowest BCUT2D eigenvalue weighted by Crippen LogP contribution is -2.43. The van der Waals surface area contributed by atoms with Crippen molar-refractivity contribution in [1.29, 1.82) is 0 Å². The number of amides is 3. The van der Waals surface area contributed by atoms with Gasteiger partial charge in [-0.2, -0.15) is 0 Å². The maximum atomic E-state index is 13.1. The van der Waals surface area contributed by atoms with E-state index in [1.54, 1.807) is 42.3 Å². The molecule has 2 N–H and O–H groups in total. The highest BCUT2D eigenvalue weighted by molar-refractivity contribution is 6.03. The monoisotopic (exact) mass is 411 g/mol. The van der Waals surface area contributed by atoms with Gasteiger partial charge in [-0.05, 0) is 50.1 Å². The number of urea groups is 1. The summed E-state index contributed by atoms with van der Waals surface area (Å²) in [5.41, 5.74) is 1.15. The van der Waals surface area contributed by atoms with E-state index in [4.69, 9.17) is 9.47 Å². The Morgan fingerprint density at radius 1 is 1.20 bits per heavy atom. The molecule has 160 valence electrons. The van der Waals surface area contributed by atoms with Gasteiger partial charge in [0.1, 0.15) is 18.1 Å². The van der Waals surface area contributed by atoms with Crippen LogP contribution in [-0.2, 0) is 4.79 Å². The molecule has 0 fully saturated rings. The van der Waals surface area contributed by atoms with E-state index in [-0.39, 0.29) is 11.8 Å². The maximum Gasteiger partial charge on any atom is 0.323 e. The topological polar surface area (TPSA) is 79.9 Å². The first-order valence-corrected chi connectivity index (χ1v) is 10.0. The minimum atomic E-state index is -0.636. The zero-order chi connectivity index (χ0) is 21.9. The fourth-order valence-corrected chi connectivity index (χ4v) is 3.30. The van der Waals surface area contributed by atoms with Crippen LogP contribution in [0.5, 0.6) is 11.5 Å². The molecule has 0 saturated carbocycles. The van der Waals surface area contributed by atoms with Crippen molar-refractivity contribution < 1.29 is 19.1 Å². The van der Waals surface area contributed by atoms with Gasteiger partial charge < -0.3 is 25.0 Å². The second-order valence-electron chi connectivity index (χ2n) is 8.44. The number of carbonyl (C=O) groups is 2. The lowest BCUT2D eigenvalue weighted by atomic mass is 9.92. The molecule has 1 aliphatic heterocycles. The number of carbonyl (C=O) groups excluding carboxylic acids is 2. The Morgan fingerprint density at radius 3 is 2.63 bits per heavy atom. The molecule has 0 aromatic heterocycles. The first-order valence-electron chi connectivity index (χ1n) is 10.0. The highest BCUT2D eigenvalue weighted by Gasteiger charge is 2.38. The van der Waals surface area contributed by atoms with Gasteiger partial charge in [0.25, 0.3) is 0 Å². The summed E-state index contributed by atoms with van der Waals surface area (Å²) in [6.07, 6.45) is 0. The van der Waals surface area contributed by atoms with Gasteiger partial charge in [0, 0.05) is 12.2 Å². The average molecular weight is 412 g/mol. The van der Waals surface area contributed by atoms with Crippen molar-refractivity contribution in [3.05, 3.63) is 42.5 Å². The van der Waals surface area contributed by atoms with Crippen molar-refractivity contribution in [2.45, 2.75) is 27.7 Å². The van der Waals surface area contributed by atoms with Crippen LogP contribution in [-0.4, -0.2) is 32.2 Å². The van der Waals surface area contributed by atoms with Gasteiger partial charge in [0.15, 0.2) is 0 Å². The maximum absolute atomic E-state index is 13.1. The van der Waals surface area contributed by atoms with Crippen LogP contribution in [0.1, 0.15) is 27.7 Å². The summed E-state index contributed by atoms with van der Waals surface area (Å²) in [6.45, 7) is 8.76. The molecular weight excluding hydrogens is 382 g/mol. The van der Waals surface area contributed by atoms with Gasteiger partial charge in [-0.25, -0.2) is 4.79 Å². The lowest BCUT2D eigenvalue weighted by Gasteiger charge is -2.29. The minimum Gasteiger partial charge on any atom is -0.495 e. The summed E-state index contributed by atoms with van der Waals surface area (Å²) >= 11 is 0. The number of hydrogen-bond acceptors (Lipinski definition) is 4. The molecule has 7 heteroatoms. The van der Waals surface area contributed by atoms with Crippen LogP contribution in [0.25, 0.3) is 0 Å². The zero-order valence-electron chi connectivity index (χ0n) is 18.1. The number of fused-ring (bicyclic) bond motifs is 1. The smallest absolute Gasteiger partial charge is 0.323 e. The van der Waals surface area contributed by atoms with Crippen molar-refractivity contribution in [3.63, 3.8) is 0 Å². The fourth-order valence-electron chi connectivity index (χ4n) is 3.30. The molecule has 3 rings (SSSR count). The number of benzene rings is 2. The summed E-state index contributed by atoms with van der Waals surface area (Å²) < 4.78 is 11.2. The number of para-hydroxylation sites is 2. The van der Waals surface area contributed by atoms with Crippen LogP contribution in [0.4, 0.5) is 21.9 Å². The van der Waals surface area contributed by atoms with E-state index in [2.05, 4.69) is 24.5 Å². The SMILES string of the molecule is COc1ccccc1NC(=O)Nc1ccc2c(c1)N(CC(C)C)C(=O)C(C)(C)CO2. The highest BCUT2D eigenvalue weighted by atomic mass is 16.5. The summed E-state index contributed by atoms with van der Waals surface area (Å²) in [7, 11) is 1.55. The van der Waals surface area contributed by atoms with Crippen LogP contribution in [0, 0.1) is 11.3 Å². The number of nitrogens with zero attached hydrogens (tertiary/aromatic N) is 1. The molecule has 1 heterocycles. The van der Waals surface area contributed by atoms with Gasteiger partial charge in [-0.3, -0.25) is 4.79 Å². The zero-order valence-corrected chi connectivity index (χ0v) is 18.1. The van der Waals surface area contributed by atoms with Gasteiger partial charge in [-0.1, -0.05) is 26.0 Å². The molecule has 2 aromatic carbocycles. The van der Waals surface area contributed by atoms with Crippen molar-refractivity contribution in [2.75, 3.05) is 35.8 Å². The molecule has 0 atom stereocenters. The van der Waals surface area contributed by atoms with Crippen molar-refractivity contribution in [1.82, 2.24) is 0 Å². The first-order chi connectivity index (χ1) is 14.2. The number of methoxy groups -OCH3 is 1. The van der Waals surface area contributed by atoms with Crippen LogP contribution in [0.15, 0.2) is 42.5 Å². The molecule has 1 aliphatic rings. The minimum absolute atomic E-state index is 0.00516. The van der Waals surface area contributed by atoms with E-state index in [0.29, 0.717) is 41.7 Å². The van der Waals surface area contributed by atoms with Crippen molar-refractivity contribution in [2.24, 2.45) is 11.3 Å². The molecule has 3 amide bonds. The number of anilines is 3. The molecule has 0 unspecified atom stereocenters. The fraction of sp³-hybridized carbons (Fsp3) is 0.391. The van der Waals surface area contributed by atoms with Crippen molar-refractivity contribution in [3.8, 4) is 11.5 Å². The average Bonchev–Trinajstić information content (AvgIpc) is 2.78. The third-order valence-corrected chi connectivity index (χ3v) is 4.82. The number of hydrogen-bond donors (Lipinski definition) is 2. The Hall–Kier alpha value is -3.22. The Morgan fingerprint density at radius 2 is 1.93 bits per heavy atom. The van der Waals surface area contributed by atoms with Crippen LogP contribution in [0.3, 0.4) is 0 Å². The predicted molar refractivity (Wildman–Crippen MR) is 119 cm³/mol. The van der Waals surface area contributed by atoms with Crippen molar-refractivity contribution >= 4 is 29.0 Å². The normalized spacial score (nSPS) is 15.1. The largest absolute Gasteiger partial charge is 0.495 e. The Labute approximate surface area is 177 Å². The van der Waals surface area contributed by atoms with E-state index in [0.717, 1.165) is 0 Å². The van der Waals surface area contributed by atoms with Gasteiger partial charge in [0.05, 0.1) is 23.9 Å². The molecule has 2 aromatic rings. The second kappa shape index (κ2) is 8.65. The van der Waals surface area contributed by atoms with Gasteiger partial charge >= 0.3 is 6.03 Å². The first kappa shape index (κ1) is 21.5. The van der Waals surface area contributed by atoms with Gasteiger partial charge in [-0.15, -0.1) is 0 Å². The molecule has 0 saturated heterocycles. The van der Waals surface area contributed by atoms with E-state index >= 15 is 0 Å². The van der Waals surface area contributed by atoms with Crippen LogP contribution >= 0.6 is 0 Å². The molecular formula is C23H29N3O4. The summed E-state index contributed by atoms with van der Waals surface area (Å²) in [5.74, 6) is 1.48. The third kappa shape index (κ3) is 4.67. The van der Waals surface area contributed by atoms with Gasteiger partial charge in [0.2, 0.25) is 5.91 Å². The molecule has 0 bridgehead atoms. The second-order valence-corrected chi connectivity index (χ2v) is 8.44. The molecule has 0 spiro atoms. The summed E-state index contributed by atoms with van der Waals surface area (Å²) in [4.78, 5) is 27.4. The number of rotatable bonds is 5. The number of ether oxygens (including phenoxy) is 2. The third-order valence-electron chi connectivity index (χ3n) is 4.82. The highest BCUT2D eigenvalue weighted by Crippen LogP contribution is 2.38. The quantitative estimate of drug-likeness (QED) is 0.744. The molecule has 0 radical (unpaired) electrons. The Kier molecular flexibility index (Phi) is 6.20. The van der Waals surface area contributed by atoms with E-state index in [1.807, 2.05) is 26.0 Å². The van der Waals surface area contributed by atoms with E-state index < -0.39 is 11.4 Å². The molecule has 30 heavy (non-hydrogen) atoms. The number of nitrogens with one attached hydrogen (secondary N) is 2. The summed E-state index contributed by atoms with van der Waals surface area (Å²) in [6, 6.07) is 12.1. The van der Waals surface area contributed by atoms with Crippen LogP contribution in [0.2, 0.25) is 0 Å².